The fourth-order valence-corrected chi connectivity index (χ4v) is 1.59. The van der Waals surface area contributed by atoms with E-state index in [2.05, 4.69) is 10.2 Å². The third-order valence-corrected chi connectivity index (χ3v) is 2.28. The highest BCUT2D eigenvalue weighted by molar-refractivity contribution is 5.86. The molecule has 1 aromatic rings. The van der Waals surface area contributed by atoms with Crippen LogP contribution in [0.5, 0.6) is 0 Å². The maximum Gasteiger partial charge on any atom is 0.364 e. The van der Waals surface area contributed by atoms with Gasteiger partial charge in [-0.25, -0.2) is 4.79 Å². The van der Waals surface area contributed by atoms with E-state index in [0.717, 1.165) is 12.8 Å². The maximum atomic E-state index is 11.7. The number of esters is 1. The number of fused-ring (bicyclic) bond motifs is 1. The van der Waals surface area contributed by atoms with Gasteiger partial charge in [-0.15, -0.1) is 10.2 Å². The molecular weight excluding hydrogens is 198 g/mol. The highest BCUT2D eigenvalue weighted by atomic mass is 16.5. The van der Waals surface area contributed by atoms with Crippen LogP contribution in [0.2, 0.25) is 0 Å². The molecule has 2 rings (SSSR count). The second kappa shape index (κ2) is 3.80. The normalized spacial score (nSPS) is 13.7. The maximum absolute atomic E-state index is 11.7. The van der Waals surface area contributed by atoms with Gasteiger partial charge in [0.2, 0.25) is 5.69 Å². The Balaban J connectivity index is 2.43. The number of nitrogens with zero attached hydrogens (tertiary/aromatic N) is 3. The molecule has 6 nitrogen and oxygen atoms in total. The first-order valence-corrected chi connectivity index (χ1v) is 4.87. The van der Waals surface area contributed by atoms with Crippen LogP contribution in [0.4, 0.5) is 0 Å². The van der Waals surface area contributed by atoms with Crippen LogP contribution in [-0.2, 0) is 17.7 Å². The van der Waals surface area contributed by atoms with Crippen LogP contribution >= 0.6 is 0 Å². The Kier molecular flexibility index (Phi) is 2.49. The molecule has 1 aliphatic rings. The highest BCUT2D eigenvalue weighted by Crippen LogP contribution is 2.07. The Hall–Kier alpha value is -1.72. The van der Waals surface area contributed by atoms with E-state index in [9.17, 15) is 9.59 Å². The van der Waals surface area contributed by atoms with E-state index in [1.54, 1.807) is 6.92 Å². The van der Waals surface area contributed by atoms with E-state index in [4.69, 9.17) is 4.74 Å². The topological polar surface area (TPSA) is 74.1 Å². The molecule has 80 valence electrons. The van der Waals surface area contributed by atoms with Crippen molar-refractivity contribution in [1.29, 1.82) is 0 Å². The van der Waals surface area contributed by atoms with E-state index in [0.29, 0.717) is 12.4 Å². The zero-order valence-corrected chi connectivity index (χ0v) is 8.39. The number of carbonyl (C=O) groups is 1. The largest absolute Gasteiger partial charge is 0.461 e. The predicted molar refractivity (Wildman–Crippen MR) is 50.6 cm³/mol. The Bertz CT molecular complexity index is 452. The van der Waals surface area contributed by atoms with Crippen LogP contribution in [0.25, 0.3) is 0 Å². The third kappa shape index (κ3) is 1.62. The molecule has 0 radical (unpaired) electrons. The number of ether oxygens (including phenoxy) is 1. The average molecular weight is 209 g/mol. The zero-order valence-electron chi connectivity index (χ0n) is 8.39. The van der Waals surface area contributed by atoms with Gasteiger partial charge < -0.3 is 4.74 Å². The smallest absolute Gasteiger partial charge is 0.364 e. The molecule has 0 atom stereocenters. The SMILES string of the molecule is CCOC(=O)c1nnc2n(c1=O)CCC2. The molecule has 1 aromatic heterocycles. The molecule has 0 aliphatic carbocycles. The van der Waals surface area contributed by atoms with E-state index in [-0.39, 0.29) is 12.3 Å². The van der Waals surface area contributed by atoms with Gasteiger partial charge in [-0.3, -0.25) is 9.36 Å². The molecule has 0 bridgehead atoms. The molecule has 0 amide bonds. The van der Waals surface area contributed by atoms with E-state index in [1.807, 2.05) is 0 Å². The van der Waals surface area contributed by atoms with Crippen molar-refractivity contribution in [1.82, 2.24) is 14.8 Å². The second-order valence-electron chi connectivity index (χ2n) is 3.25. The highest BCUT2D eigenvalue weighted by Gasteiger charge is 2.21. The minimum absolute atomic E-state index is 0.220. The van der Waals surface area contributed by atoms with Gasteiger partial charge in [0.05, 0.1) is 6.61 Å². The average Bonchev–Trinajstić information content (AvgIpc) is 2.67. The number of aryl methyl sites for hydroxylation is 1. The molecule has 0 unspecified atom stereocenters. The van der Waals surface area contributed by atoms with Crippen LogP contribution in [0.15, 0.2) is 4.79 Å². The van der Waals surface area contributed by atoms with Gasteiger partial charge in [-0.2, -0.15) is 0 Å². The van der Waals surface area contributed by atoms with E-state index >= 15 is 0 Å². The summed E-state index contributed by atoms with van der Waals surface area (Å²) in [6.07, 6.45) is 1.61. The zero-order chi connectivity index (χ0) is 10.8. The lowest BCUT2D eigenvalue weighted by atomic mass is 10.4. The number of carbonyl (C=O) groups excluding carboxylic acids is 1. The monoisotopic (exact) mass is 209 g/mol. The number of hydrogen-bond acceptors (Lipinski definition) is 5. The van der Waals surface area contributed by atoms with Crippen molar-refractivity contribution in [2.75, 3.05) is 6.61 Å². The summed E-state index contributed by atoms with van der Waals surface area (Å²) < 4.78 is 6.20. The second-order valence-corrected chi connectivity index (χ2v) is 3.25. The van der Waals surface area contributed by atoms with Crippen molar-refractivity contribution in [3.05, 3.63) is 21.9 Å². The first-order chi connectivity index (χ1) is 7.24. The van der Waals surface area contributed by atoms with Crippen molar-refractivity contribution in [3.8, 4) is 0 Å². The quantitative estimate of drug-likeness (QED) is 0.628. The van der Waals surface area contributed by atoms with Gasteiger partial charge in [0.1, 0.15) is 5.82 Å². The van der Waals surface area contributed by atoms with E-state index in [1.165, 1.54) is 4.57 Å². The third-order valence-electron chi connectivity index (χ3n) is 2.28. The summed E-state index contributed by atoms with van der Waals surface area (Å²) in [5.41, 5.74) is -0.613. The Morgan fingerprint density at radius 1 is 1.53 bits per heavy atom. The van der Waals surface area contributed by atoms with Crippen LogP contribution < -0.4 is 5.56 Å². The predicted octanol–water partition coefficient (Wildman–Crippen LogP) is -0.239. The lowest BCUT2D eigenvalue weighted by molar-refractivity contribution is 0.0514. The van der Waals surface area contributed by atoms with Crippen LogP contribution in [0.1, 0.15) is 29.7 Å². The van der Waals surface area contributed by atoms with Crippen molar-refractivity contribution in [2.24, 2.45) is 0 Å². The fraction of sp³-hybridized carbons (Fsp3) is 0.556. The minimum atomic E-state index is -0.697. The Morgan fingerprint density at radius 2 is 2.33 bits per heavy atom. The van der Waals surface area contributed by atoms with Crippen LogP contribution in [0.3, 0.4) is 0 Å². The molecule has 0 saturated carbocycles. The van der Waals surface area contributed by atoms with Gasteiger partial charge in [0, 0.05) is 13.0 Å². The Labute approximate surface area is 85.9 Å². The summed E-state index contributed by atoms with van der Waals surface area (Å²) in [5, 5.41) is 7.45. The summed E-state index contributed by atoms with van der Waals surface area (Å²) in [6.45, 7) is 2.51. The molecule has 1 aliphatic heterocycles. The van der Waals surface area contributed by atoms with Crippen LogP contribution in [0, 0.1) is 0 Å². The van der Waals surface area contributed by atoms with Gasteiger partial charge in [0.15, 0.2) is 0 Å². The lowest BCUT2D eigenvalue weighted by Crippen LogP contribution is -2.30. The van der Waals surface area contributed by atoms with Crippen molar-refractivity contribution < 1.29 is 9.53 Å². The first kappa shape index (κ1) is 9.82. The molecular formula is C9H11N3O3. The molecule has 6 heteroatoms. The molecule has 2 heterocycles. The Morgan fingerprint density at radius 3 is 3.07 bits per heavy atom. The molecule has 0 saturated heterocycles. The lowest BCUT2D eigenvalue weighted by Gasteiger charge is -2.03. The standard InChI is InChI=1S/C9H11N3O3/c1-2-15-9(14)7-8(13)12-5-3-4-6(12)10-11-7/h2-5H2,1H3. The van der Waals surface area contributed by atoms with Gasteiger partial charge in [-0.1, -0.05) is 0 Å². The molecule has 0 fully saturated rings. The van der Waals surface area contributed by atoms with Gasteiger partial charge in [-0.05, 0) is 13.3 Å². The van der Waals surface area contributed by atoms with Crippen molar-refractivity contribution in [3.63, 3.8) is 0 Å². The molecule has 0 N–H and O–H groups in total. The van der Waals surface area contributed by atoms with Crippen LogP contribution in [-0.4, -0.2) is 27.3 Å². The fourth-order valence-electron chi connectivity index (χ4n) is 1.59. The molecule has 0 spiro atoms. The summed E-state index contributed by atoms with van der Waals surface area (Å²) >= 11 is 0. The first-order valence-electron chi connectivity index (χ1n) is 4.87. The van der Waals surface area contributed by atoms with Crippen molar-refractivity contribution in [2.45, 2.75) is 26.3 Å². The van der Waals surface area contributed by atoms with E-state index < -0.39 is 11.5 Å². The summed E-state index contributed by atoms with van der Waals surface area (Å²) in [5.74, 6) is -0.0507. The minimum Gasteiger partial charge on any atom is -0.461 e. The number of rotatable bonds is 2. The molecule has 15 heavy (non-hydrogen) atoms. The summed E-state index contributed by atoms with van der Waals surface area (Å²) in [4.78, 5) is 23.1. The molecule has 0 aromatic carbocycles. The van der Waals surface area contributed by atoms with Gasteiger partial charge in [0.25, 0.3) is 5.56 Å². The van der Waals surface area contributed by atoms with Crippen molar-refractivity contribution >= 4 is 5.97 Å². The van der Waals surface area contributed by atoms with Gasteiger partial charge >= 0.3 is 5.97 Å². The number of hydrogen-bond donors (Lipinski definition) is 0. The summed E-state index contributed by atoms with van der Waals surface area (Å²) in [6, 6.07) is 0. The summed E-state index contributed by atoms with van der Waals surface area (Å²) in [7, 11) is 0. The number of aromatic nitrogens is 3.